The molecule has 1 atom stereocenters. The molecule has 8 nitrogen and oxygen atoms in total. The Bertz CT molecular complexity index is 827. The van der Waals surface area contributed by atoms with Crippen LogP contribution in [0.15, 0.2) is 24.5 Å². The van der Waals surface area contributed by atoms with Crippen molar-refractivity contribution >= 4 is 5.91 Å². The molecule has 0 saturated carbocycles. The molecule has 0 aliphatic carbocycles. The quantitative estimate of drug-likeness (QED) is 0.768. The first-order valence-electron chi connectivity index (χ1n) is 10.1. The number of carbonyl (C=O) groups is 1. The third kappa shape index (κ3) is 5.06. The lowest BCUT2D eigenvalue weighted by molar-refractivity contribution is 0.0818. The van der Waals surface area contributed by atoms with Crippen molar-refractivity contribution in [1.82, 2.24) is 25.0 Å². The second kappa shape index (κ2) is 9.26. The van der Waals surface area contributed by atoms with Gasteiger partial charge in [-0.05, 0) is 51.8 Å². The van der Waals surface area contributed by atoms with Crippen molar-refractivity contribution in [3.8, 4) is 11.5 Å². The number of likely N-dealkylation sites (tertiary alicyclic amines) is 1. The summed E-state index contributed by atoms with van der Waals surface area (Å²) in [5.41, 5.74) is 0.523. The summed E-state index contributed by atoms with van der Waals surface area (Å²) in [5.74, 6) is 1.74. The van der Waals surface area contributed by atoms with Crippen LogP contribution in [-0.2, 0) is 7.05 Å². The van der Waals surface area contributed by atoms with Gasteiger partial charge in [-0.25, -0.2) is 0 Å². The van der Waals surface area contributed by atoms with Crippen molar-refractivity contribution < 1.29 is 14.3 Å². The van der Waals surface area contributed by atoms with Crippen LogP contribution in [0.2, 0.25) is 0 Å². The Labute approximate surface area is 172 Å². The lowest BCUT2D eigenvalue weighted by Gasteiger charge is -2.34. The number of hydrogen-bond acceptors (Lipinski definition) is 6. The molecule has 1 unspecified atom stereocenters. The summed E-state index contributed by atoms with van der Waals surface area (Å²) in [4.78, 5) is 15.2. The van der Waals surface area contributed by atoms with Gasteiger partial charge in [-0.1, -0.05) is 0 Å². The van der Waals surface area contributed by atoms with E-state index in [-0.39, 0.29) is 18.1 Å². The highest BCUT2D eigenvalue weighted by Gasteiger charge is 2.24. The molecule has 1 aromatic heterocycles. The zero-order valence-electron chi connectivity index (χ0n) is 17.9. The maximum atomic E-state index is 12.8. The number of nitrogens with one attached hydrogen (secondary N) is 1. The van der Waals surface area contributed by atoms with Gasteiger partial charge in [-0.3, -0.25) is 4.79 Å². The average Bonchev–Trinajstić information content (AvgIpc) is 3.14. The van der Waals surface area contributed by atoms with Crippen molar-refractivity contribution in [2.75, 3.05) is 20.2 Å². The van der Waals surface area contributed by atoms with Gasteiger partial charge in [-0.15, -0.1) is 10.2 Å². The third-order valence-corrected chi connectivity index (χ3v) is 5.41. The molecule has 2 aromatic rings. The number of benzene rings is 1. The first-order valence-corrected chi connectivity index (χ1v) is 10.1. The number of piperidine rings is 1. The Hall–Kier alpha value is -2.61. The van der Waals surface area contributed by atoms with Crippen LogP contribution in [0.5, 0.6) is 11.5 Å². The highest BCUT2D eigenvalue weighted by atomic mass is 16.5. The van der Waals surface area contributed by atoms with Gasteiger partial charge in [0, 0.05) is 31.7 Å². The Morgan fingerprint density at radius 3 is 2.52 bits per heavy atom. The van der Waals surface area contributed by atoms with Crippen molar-refractivity contribution in [3.05, 3.63) is 35.9 Å². The molecule has 158 valence electrons. The number of aromatic nitrogens is 3. The number of hydrogen-bond donors (Lipinski definition) is 1. The molecule has 0 bridgehead atoms. The predicted octanol–water partition coefficient (Wildman–Crippen LogP) is 2.57. The maximum absolute atomic E-state index is 12.8. The molecule has 1 aliphatic heterocycles. The highest BCUT2D eigenvalue weighted by molar-refractivity contribution is 5.95. The molecule has 1 amide bonds. The van der Waals surface area contributed by atoms with Gasteiger partial charge in [0.05, 0.1) is 13.2 Å². The van der Waals surface area contributed by atoms with Crippen LogP contribution >= 0.6 is 0 Å². The van der Waals surface area contributed by atoms with Gasteiger partial charge >= 0.3 is 0 Å². The van der Waals surface area contributed by atoms with E-state index in [1.54, 1.807) is 36.2 Å². The summed E-state index contributed by atoms with van der Waals surface area (Å²) in [6, 6.07) is 5.56. The van der Waals surface area contributed by atoms with E-state index in [2.05, 4.69) is 34.3 Å². The normalized spacial score (nSPS) is 16.6. The molecule has 3 rings (SSSR count). The summed E-state index contributed by atoms with van der Waals surface area (Å²) < 4.78 is 13.5. The Morgan fingerprint density at radius 2 is 1.93 bits per heavy atom. The van der Waals surface area contributed by atoms with Gasteiger partial charge in [0.1, 0.15) is 12.4 Å². The summed E-state index contributed by atoms with van der Waals surface area (Å²) in [6.45, 7) is 8.34. The zero-order chi connectivity index (χ0) is 21.0. The van der Waals surface area contributed by atoms with Gasteiger partial charge in [0.2, 0.25) is 0 Å². The topological polar surface area (TPSA) is 81.5 Å². The fourth-order valence-electron chi connectivity index (χ4n) is 3.63. The Kier molecular flexibility index (Phi) is 6.74. The molecular weight excluding hydrogens is 370 g/mol. The van der Waals surface area contributed by atoms with Crippen LogP contribution in [0, 0.1) is 0 Å². The Morgan fingerprint density at radius 1 is 1.21 bits per heavy atom. The van der Waals surface area contributed by atoms with Crippen LogP contribution in [0.25, 0.3) is 0 Å². The minimum absolute atomic E-state index is 0.120. The first kappa shape index (κ1) is 21.1. The molecule has 1 aromatic carbocycles. The standard InChI is InChI=1S/C21H31N5O3/c1-14(2)26-10-8-17(9-11-26)29-19-12-16(6-7-18(19)28-5)21(27)23-15(3)20-24-22-13-25(20)4/h6-7,12-15,17H,8-11H2,1-5H3,(H,23,27). The summed E-state index contributed by atoms with van der Waals surface area (Å²) in [5, 5.41) is 10.9. The number of amides is 1. The molecule has 8 heteroatoms. The van der Waals surface area contributed by atoms with E-state index in [0.29, 0.717) is 28.9 Å². The number of carbonyl (C=O) groups excluding carboxylic acids is 1. The van der Waals surface area contributed by atoms with E-state index >= 15 is 0 Å². The lowest BCUT2D eigenvalue weighted by atomic mass is 10.1. The van der Waals surface area contributed by atoms with Gasteiger partial charge in [0.25, 0.3) is 5.91 Å². The highest BCUT2D eigenvalue weighted by Crippen LogP contribution is 2.31. The first-order chi connectivity index (χ1) is 13.9. The SMILES string of the molecule is COc1ccc(C(=O)NC(C)c2nncn2C)cc1OC1CCN(C(C)C)CC1. The van der Waals surface area contributed by atoms with E-state index in [9.17, 15) is 4.79 Å². The zero-order valence-corrected chi connectivity index (χ0v) is 17.9. The van der Waals surface area contributed by atoms with E-state index in [0.717, 1.165) is 25.9 Å². The van der Waals surface area contributed by atoms with Crippen molar-refractivity contribution in [2.24, 2.45) is 7.05 Å². The molecule has 29 heavy (non-hydrogen) atoms. The van der Waals surface area contributed by atoms with Crippen LogP contribution in [0.3, 0.4) is 0 Å². The Balaban J connectivity index is 1.68. The van der Waals surface area contributed by atoms with Gasteiger partial charge < -0.3 is 24.3 Å². The molecule has 0 radical (unpaired) electrons. The van der Waals surface area contributed by atoms with Crippen molar-refractivity contribution in [1.29, 1.82) is 0 Å². The summed E-state index contributed by atoms with van der Waals surface area (Å²) >= 11 is 0. The van der Waals surface area contributed by atoms with Crippen LogP contribution in [0.4, 0.5) is 0 Å². The van der Waals surface area contributed by atoms with Crippen LogP contribution in [0.1, 0.15) is 55.8 Å². The number of ether oxygens (including phenoxy) is 2. The fraction of sp³-hybridized carbons (Fsp3) is 0.571. The number of methoxy groups -OCH3 is 1. The minimum atomic E-state index is -0.262. The molecule has 1 aliphatic rings. The molecular formula is C21H31N5O3. The smallest absolute Gasteiger partial charge is 0.252 e. The maximum Gasteiger partial charge on any atom is 0.252 e. The fourth-order valence-corrected chi connectivity index (χ4v) is 3.63. The minimum Gasteiger partial charge on any atom is -0.493 e. The van der Waals surface area contributed by atoms with E-state index in [1.807, 2.05) is 14.0 Å². The van der Waals surface area contributed by atoms with Crippen molar-refractivity contribution in [2.45, 2.75) is 51.8 Å². The number of aryl methyl sites for hydroxylation is 1. The van der Waals surface area contributed by atoms with E-state index in [1.165, 1.54) is 0 Å². The number of rotatable bonds is 7. The van der Waals surface area contributed by atoms with E-state index in [4.69, 9.17) is 9.47 Å². The second-order valence-corrected chi connectivity index (χ2v) is 7.81. The van der Waals surface area contributed by atoms with Gasteiger partial charge in [-0.2, -0.15) is 0 Å². The molecule has 1 fully saturated rings. The lowest BCUT2D eigenvalue weighted by Crippen LogP contribution is -2.41. The second-order valence-electron chi connectivity index (χ2n) is 7.81. The monoisotopic (exact) mass is 401 g/mol. The van der Waals surface area contributed by atoms with Crippen molar-refractivity contribution in [3.63, 3.8) is 0 Å². The molecule has 2 heterocycles. The number of nitrogens with zero attached hydrogens (tertiary/aromatic N) is 4. The summed E-state index contributed by atoms with van der Waals surface area (Å²) in [6.07, 6.45) is 3.65. The average molecular weight is 402 g/mol. The van der Waals surface area contributed by atoms with Crippen LogP contribution in [-0.4, -0.2) is 57.9 Å². The van der Waals surface area contributed by atoms with E-state index < -0.39 is 0 Å². The summed E-state index contributed by atoms with van der Waals surface area (Å²) in [7, 11) is 3.46. The van der Waals surface area contributed by atoms with Gasteiger partial charge in [0.15, 0.2) is 17.3 Å². The largest absolute Gasteiger partial charge is 0.493 e. The molecule has 1 N–H and O–H groups in total. The third-order valence-electron chi connectivity index (χ3n) is 5.41. The van der Waals surface area contributed by atoms with Crippen LogP contribution < -0.4 is 14.8 Å². The molecule has 1 saturated heterocycles. The predicted molar refractivity (Wildman–Crippen MR) is 110 cm³/mol. The molecule has 0 spiro atoms.